The molecule has 0 unspecified atom stereocenters. The molecule has 24 heavy (non-hydrogen) atoms. The number of fused-ring (bicyclic) bond motifs is 1. The number of carbonyl (C=O) groups is 1. The van der Waals surface area contributed by atoms with Crippen LogP contribution in [-0.4, -0.2) is 20.4 Å². The van der Waals surface area contributed by atoms with E-state index in [1.807, 2.05) is 6.07 Å². The predicted octanol–water partition coefficient (Wildman–Crippen LogP) is 3.09. The molecule has 2 aromatic rings. The van der Waals surface area contributed by atoms with Gasteiger partial charge in [-0.3, -0.25) is 19.1 Å². The number of benzene rings is 1. The lowest BCUT2D eigenvalue weighted by Gasteiger charge is -2.14. The van der Waals surface area contributed by atoms with Crippen LogP contribution in [0.15, 0.2) is 53.9 Å². The normalized spacial score (nSPS) is 14.7. The highest BCUT2D eigenvalue weighted by Crippen LogP contribution is 2.28. The maximum atomic E-state index is 12.2. The summed E-state index contributed by atoms with van der Waals surface area (Å²) in [4.78, 5) is 26.7. The summed E-state index contributed by atoms with van der Waals surface area (Å²) in [6.45, 7) is 3.88. The number of aromatic nitrogens is 2. The molecule has 0 saturated carbocycles. The number of aromatic hydroxyl groups is 1. The minimum atomic E-state index is -0.493. The first-order valence-corrected chi connectivity index (χ1v) is 7.64. The van der Waals surface area contributed by atoms with E-state index >= 15 is 0 Å². The summed E-state index contributed by atoms with van der Waals surface area (Å²) in [5.74, 6) is -0.331. The lowest BCUT2D eigenvalue weighted by Crippen LogP contribution is -2.16. The third kappa shape index (κ3) is 2.68. The number of allylic oxidation sites excluding steroid dienone is 4. The van der Waals surface area contributed by atoms with Crippen molar-refractivity contribution in [1.29, 1.82) is 0 Å². The fraction of sp³-hybridized carbons (Fsp3) is 0.0556. The number of rotatable bonds is 3. The minimum Gasteiger partial charge on any atom is -0.494 e. The first-order chi connectivity index (χ1) is 11.5. The van der Waals surface area contributed by atoms with Crippen molar-refractivity contribution in [1.82, 2.24) is 9.55 Å². The van der Waals surface area contributed by atoms with Crippen molar-refractivity contribution in [3.63, 3.8) is 0 Å². The maximum absolute atomic E-state index is 12.2. The van der Waals surface area contributed by atoms with Gasteiger partial charge in [-0.2, -0.15) is 0 Å². The Hall–Kier alpha value is -2.99. The van der Waals surface area contributed by atoms with Gasteiger partial charge in [0, 0.05) is 12.1 Å². The molecule has 3 rings (SSSR count). The van der Waals surface area contributed by atoms with E-state index in [1.165, 1.54) is 10.6 Å². The Kier molecular flexibility index (Phi) is 4.14. The second-order valence-corrected chi connectivity index (χ2v) is 5.63. The fourth-order valence-corrected chi connectivity index (χ4v) is 2.83. The molecule has 0 fully saturated rings. The first kappa shape index (κ1) is 15.9. The predicted molar refractivity (Wildman–Crippen MR) is 95.5 cm³/mol. The second-order valence-electron chi connectivity index (χ2n) is 5.24. The summed E-state index contributed by atoms with van der Waals surface area (Å²) in [7, 11) is 0. The van der Waals surface area contributed by atoms with Gasteiger partial charge in [0.2, 0.25) is 5.88 Å². The minimum absolute atomic E-state index is 0.0780. The SMILES string of the molecule is C=CCn1c(O)c(C=C2C=CC(=O)c3ccccc32)c(=O)[nH]c1=S. The molecule has 1 heterocycles. The lowest BCUT2D eigenvalue weighted by atomic mass is 9.91. The Morgan fingerprint density at radius 2 is 1.92 bits per heavy atom. The van der Waals surface area contributed by atoms with Crippen LogP contribution >= 0.6 is 12.2 Å². The molecular formula is C18H14N2O3S. The molecule has 0 saturated heterocycles. The smallest absolute Gasteiger partial charge is 0.262 e. The van der Waals surface area contributed by atoms with Gasteiger partial charge in [-0.1, -0.05) is 36.4 Å². The molecular weight excluding hydrogens is 324 g/mol. The molecule has 120 valence electrons. The van der Waals surface area contributed by atoms with Gasteiger partial charge in [-0.25, -0.2) is 0 Å². The van der Waals surface area contributed by atoms with Crippen molar-refractivity contribution in [2.75, 3.05) is 0 Å². The number of aromatic amines is 1. The van der Waals surface area contributed by atoms with Crippen LogP contribution in [0, 0.1) is 4.77 Å². The van der Waals surface area contributed by atoms with Crippen LogP contribution in [0.25, 0.3) is 11.6 Å². The van der Waals surface area contributed by atoms with Gasteiger partial charge in [0.05, 0.1) is 0 Å². The van der Waals surface area contributed by atoms with Crippen LogP contribution < -0.4 is 5.56 Å². The molecule has 5 nitrogen and oxygen atoms in total. The van der Waals surface area contributed by atoms with E-state index in [2.05, 4.69) is 11.6 Å². The number of carbonyl (C=O) groups excluding carboxylic acids is 1. The van der Waals surface area contributed by atoms with Crippen molar-refractivity contribution >= 4 is 29.7 Å². The number of hydrogen-bond donors (Lipinski definition) is 2. The molecule has 0 radical (unpaired) electrons. The number of nitrogens with zero attached hydrogens (tertiary/aromatic N) is 1. The number of H-pyrrole nitrogens is 1. The van der Waals surface area contributed by atoms with E-state index in [1.54, 1.807) is 36.4 Å². The Labute approximate surface area is 142 Å². The molecule has 1 aliphatic carbocycles. The number of ketones is 1. The lowest BCUT2D eigenvalue weighted by molar-refractivity contribution is 0.104. The zero-order valence-electron chi connectivity index (χ0n) is 12.7. The van der Waals surface area contributed by atoms with E-state index in [-0.39, 0.29) is 28.5 Å². The van der Waals surface area contributed by atoms with Crippen LogP contribution in [0.4, 0.5) is 0 Å². The molecule has 1 aromatic carbocycles. The highest BCUT2D eigenvalue weighted by atomic mass is 32.1. The van der Waals surface area contributed by atoms with Gasteiger partial charge < -0.3 is 5.11 Å². The van der Waals surface area contributed by atoms with Crippen molar-refractivity contribution in [2.45, 2.75) is 6.54 Å². The van der Waals surface area contributed by atoms with E-state index in [4.69, 9.17) is 12.2 Å². The zero-order chi connectivity index (χ0) is 17.3. The first-order valence-electron chi connectivity index (χ1n) is 7.23. The fourth-order valence-electron chi connectivity index (χ4n) is 2.58. The Bertz CT molecular complexity index is 1030. The van der Waals surface area contributed by atoms with Gasteiger partial charge in [-0.05, 0) is 35.5 Å². The Balaban J connectivity index is 2.23. The molecule has 0 aliphatic heterocycles. The van der Waals surface area contributed by atoms with E-state index < -0.39 is 5.56 Å². The summed E-state index contributed by atoms with van der Waals surface area (Å²) < 4.78 is 1.49. The van der Waals surface area contributed by atoms with Gasteiger partial charge in [0.1, 0.15) is 5.56 Å². The van der Waals surface area contributed by atoms with Gasteiger partial charge in [0.25, 0.3) is 5.56 Å². The molecule has 0 amide bonds. The monoisotopic (exact) mass is 338 g/mol. The van der Waals surface area contributed by atoms with E-state index in [9.17, 15) is 14.7 Å². The summed E-state index contributed by atoms with van der Waals surface area (Å²) in [5.41, 5.74) is 1.51. The molecule has 6 heteroatoms. The second kappa shape index (κ2) is 6.25. The number of nitrogens with one attached hydrogen (secondary N) is 1. The number of hydrogen-bond acceptors (Lipinski definition) is 4. The average Bonchev–Trinajstić information content (AvgIpc) is 2.57. The highest BCUT2D eigenvalue weighted by Gasteiger charge is 2.17. The van der Waals surface area contributed by atoms with Crippen LogP contribution in [0.5, 0.6) is 5.88 Å². The summed E-state index contributed by atoms with van der Waals surface area (Å²) in [6.07, 6.45) is 6.19. The van der Waals surface area contributed by atoms with Crippen LogP contribution in [0.3, 0.4) is 0 Å². The van der Waals surface area contributed by atoms with E-state index in [0.29, 0.717) is 16.7 Å². The third-order valence-electron chi connectivity index (χ3n) is 3.74. The quantitative estimate of drug-likeness (QED) is 0.666. The largest absolute Gasteiger partial charge is 0.494 e. The van der Waals surface area contributed by atoms with Crippen molar-refractivity contribution in [3.05, 3.63) is 80.9 Å². The standard InChI is InChI=1S/C18H14N2O3S/c1-2-9-20-17(23)14(16(22)19-18(20)24)10-11-7-8-15(21)13-6-4-3-5-12(11)13/h2-8,10,23H,1,9H2,(H,19,22,24). The molecule has 1 aromatic heterocycles. The van der Waals surface area contributed by atoms with Crippen LogP contribution in [0.2, 0.25) is 0 Å². The van der Waals surface area contributed by atoms with Gasteiger partial charge in [0.15, 0.2) is 10.6 Å². The van der Waals surface area contributed by atoms with Gasteiger partial charge >= 0.3 is 0 Å². The molecule has 0 bridgehead atoms. The zero-order valence-corrected chi connectivity index (χ0v) is 13.5. The Morgan fingerprint density at radius 1 is 1.21 bits per heavy atom. The summed E-state index contributed by atoms with van der Waals surface area (Å²) in [5, 5.41) is 10.4. The summed E-state index contributed by atoms with van der Waals surface area (Å²) >= 11 is 5.06. The van der Waals surface area contributed by atoms with Crippen molar-refractivity contribution < 1.29 is 9.90 Å². The van der Waals surface area contributed by atoms with Gasteiger partial charge in [-0.15, -0.1) is 6.58 Å². The molecule has 0 spiro atoms. The maximum Gasteiger partial charge on any atom is 0.262 e. The van der Waals surface area contributed by atoms with Crippen molar-refractivity contribution in [2.24, 2.45) is 0 Å². The van der Waals surface area contributed by atoms with Crippen LogP contribution in [-0.2, 0) is 6.54 Å². The van der Waals surface area contributed by atoms with Crippen LogP contribution in [0.1, 0.15) is 21.5 Å². The summed E-state index contributed by atoms with van der Waals surface area (Å²) in [6, 6.07) is 7.12. The molecule has 2 N–H and O–H groups in total. The van der Waals surface area contributed by atoms with Crippen molar-refractivity contribution in [3.8, 4) is 5.88 Å². The molecule has 0 atom stereocenters. The average molecular weight is 338 g/mol. The third-order valence-corrected chi connectivity index (χ3v) is 4.06. The highest BCUT2D eigenvalue weighted by molar-refractivity contribution is 7.71. The topological polar surface area (TPSA) is 75.1 Å². The Morgan fingerprint density at radius 3 is 2.62 bits per heavy atom. The van der Waals surface area contributed by atoms with E-state index in [0.717, 1.165) is 0 Å². The molecule has 1 aliphatic rings.